The molecule has 68 heavy (non-hydrogen) atoms. The van der Waals surface area contributed by atoms with Gasteiger partial charge in [-0.05, 0) is 123 Å². The SMILES string of the molecule is CCCCCCCCCCCCCCCCCCCCCCCCCC#CC(=Nc1cc(CCCCC)cc(CCCCC)c1)C(CCCC)=Nc1cc(CCCCC)cc(CCCCC)c1.[Ni]. The molecule has 0 N–H and O–H groups in total. The van der Waals surface area contributed by atoms with E-state index in [9.17, 15) is 0 Å². The number of hydrogen-bond acceptors (Lipinski definition) is 2. The molecule has 390 valence electrons. The summed E-state index contributed by atoms with van der Waals surface area (Å²) in [6.07, 6.45) is 56.3. The molecule has 0 atom stereocenters. The van der Waals surface area contributed by atoms with Crippen molar-refractivity contribution in [1.29, 1.82) is 0 Å². The summed E-state index contributed by atoms with van der Waals surface area (Å²) in [5, 5.41) is 0. The fourth-order valence-corrected chi connectivity index (χ4v) is 9.68. The minimum Gasteiger partial charge on any atom is -0.250 e. The number of aryl methyl sites for hydroxylation is 4. The van der Waals surface area contributed by atoms with E-state index in [-0.39, 0.29) is 16.5 Å². The Morgan fingerprint density at radius 2 is 0.603 bits per heavy atom. The van der Waals surface area contributed by atoms with E-state index in [4.69, 9.17) is 9.98 Å². The second-order valence-corrected chi connectivity index (χ2v) is 20.8. The molecule has 0 fully saturated rings. The zero-order valence-electron chi connectivity index (χ0n) is 46.1. The van der Waals surface area contributed by atoms with E-state index in [1.165, 1.54) is 247 Å². The third kappa shape index (κ3) is 35.0. The van der Waals surface area contributed by atoms with Gasteiger partial charge in [0.1, 0.15) is 5.71 Å². The molecule has 0 spiro atoms. The van der Waals surface area contributed by atoms with E-state index in [0.717, 1.165) is 74.2 Å². The van der Waals surface area contributed by atoms with Crippen LogP contribution in [0.3, 0.4) is 0 Å². The van der Waals surface area contributed by atoms with Gasteiger partial charge in [0.25, 0.3) is 0 Å². The van der Waals surface area contributed by atoms with Gasteiger partial charge in [-0.1, -0.05) is 259 Å². The fourth-order valence-electron chi connectivity index (χ4n) is 9.68. The summed E-state index contributed by atoms with van der Waals surface area (Å²) in [7, 11) is 0. The summed E-state index contributed by atoms with van der Waals surface area (Å²) in [6, 6.07) is 14.4. The Balaban J connectivity index is 0.0000231. The topological polar surface area (TPSA) is 24.7 Å². The van der Waals surface area contributed by atoms with Gasteiger partial charge in [0.05, 0.1) is 17.1 Å². The Morgan fingerprint density at radius 3 is 0.926 bits per heavy atom. The minimum atomic E-state index is 0. The first kappa shape index (κ1) is 63.8. The van der Waals surface area contributed by atoms with Crippen LogP contribution in [-0.2, 0) is 42.2 Å². The molecule has 0 aliphatic heterocycles. The van der Waals surface area contributed by atoms with Crippen molar-refractivity contribution >= 4 is 22.8 Å². The number of aliphatic imine (C=N–C) groups is 2. The van der Waals surface area contributed by atoms with Gasteiger partial charge in [0, 0.05) is 22.9 Å². The maximum absolute atomic E-state index is 5.53. The Kier molecular flexibility index (Phi) is 44.3. The van der Waals surface area contributed by atoms with E-state index in [1.807, 2.05) is 0 Å². The molecule has 2 aromatic carbocycles. The number of unbranched alkanes of at least 4 members (excludes halogenated alkanes) is 32. The Hall–Kier alpha value is -2.17. The smallest absolute Gasteiger partial charge is 0.135 e. The van der Waals surface area contributed by atoms with Crippen molar-refractivity contribution in [3.63, 3.8) is 0 Å². The van der Waals surface area contributed by atoms with Crippen LogP contribution in [0.1, 0.15) is 314 Å². The monoisotopic (exact) mass is 977 g/mol. The normalized spacial score (nSPS) is 11.8. The predicted molar refractivity (Wildman–Crippen MR) is 304 cm³/mol. The summed E-state index contributed by atoms with van der Waals surface area (Å²) in [4.78, 5) is 11.0. The fraction of sp³-hybridized carbons (Fsp3) is 0.754. The summed E-state index contributed by atoms with van der Waals surface area (Å²) in [5.74, 6) is 7.34. The number of rotatable bonds is 45. The van der Waals surface area contributed by atoms with Gasteiger partial charge in [-0.3, -0.25) is 4.99 Å². The molecular weight excluding hydrogens is 867 g/mol. The zero-order chi connectivity index (χ0) is 48.1. The van der Waals surface area contributed by atoms with Crippen LogP contribution in [0.2, 0.25) is 0 Å². The van der Waals surface area contributed by atoms with E-state index < -0.39 is 0 Å². The summed E-state index contributed by atoms with van der Waals surface area (Å²) in [6.45, 7) is 13.8. The summed E-state index contributed by atoms with van der Waals surface area (Å²) in [5.41, 5.74) is 9.90. The average Bonchev–Trinajstić information content (AvgIpc) is 3.33. The number of nitrogens with zero attached hydrogens (tertiary/aromatic N) is 2. The molecule has 0 heterocycles. The molecule has 0 bridgehead atoms. The van der Waals surface area contributed by atoms with Crippen LogP contribution >= 0.6 is 0 Å². The standard InChI is InChI=1S/C65H110N2.Ni/c1-7-13-19-20-21-22-23-24-25-26-27-28-29-30-31-32-33-34-35-36-37-38-39-40-45-51-65(67-63-56-60(48-43-16-10-4)53-61(57-63)49-44-17-11-5)64(50-18-12-6)66-62-54-58(46-41-14-8-2)52-59(55-62)47-42-15-9-3;/h52-57H,7-44,46-50H2,1-6H3;. The molecule has 2 aromatic rings. The molecule has 0 aromatic heterocycles. The van der Waals surface area contributed by atoms with Crippen molar-refractivity contribution in [2.75, 3.05) is 0 Å². The second kappa shape index (κ2) is 47.2. The molecule has 2 nitrogen and oxygen atoms in total. The van der Waals surface area contributed by atoms with Crippen LogP contribution in [0.4, 0.5) is 11.4 Å². The number of hydrogen-bond donors (Lipinski definition) is 0. The molecule has 2 rings (SSSR count). The van der Waals surface area contributed by atoms with Crippen molar-refractivity contribution in [1.82, 2.24) is 0 Å². The summed E-state index contributed by atoms with van der Waals surface area (Å²) < 4.78 is 0. The van der Waals surface area contributed by atoms with Crippen molar-refractivity contribution in [3.8, 4) is 11.8 Å². The molecular formula is C65H110N2Ni. The molecule has 0 aliphatic carbocycles. The third-order valence-electron chi connectivity index (χ3n) is 14.0. The molecule has 0 aliphatic rings. The molecule has 0 saturated heterocycles. The Labute approximate surface area is 435 Å². The van der Waals surface area contributed by atoms with E-state index >= 15 is 0 Å². The first-order chi connectivity index (χ1) is 33.1. The first-order valence-corrected chi connectivity index (χ1v) is 30.0. The van der Waals surface area contributed by atoms with Crippen LogP contribution in [0.25, 0.3) is 0 Å². The van der Waals surface area contributed by atoms with Crippen LogP contribution in [0, 0.1) is 11.8 Å². The van der Waals surface area contributed by atoms with Crippen molar-refractivity contribution in [3.05, 3.63) is 58.7 Å². The number of benzene rings is 2. The first-order valence-electron chi connectivity index (χ1n) is 30.0. The van der Waals surface area contributed by atoms with E-state index in [1.54, 1.807) is 0 Å². The zero-order valence-corrected chi connectivity index (χ0v) is 47.1. The van der Waals surface area contributed by atoms with Gasteiger partial charge in [0.15, 0.2) is 0 Å². The maximum Gasteiger partial charge on any atom is 0.135 e. The van der Waals surface area contributed by atoms with Gasteiger partial charge in [-0.15, -0.1) is 0 Å². The van der Waals surface area contributed by atoms with E-state index in [0.29, 0.717) is 0 Å². The molecule has 0 unspecified atom stereocenters. The van der Waals surface area contributed by atoms with E-state index in [2.05, 4.69) is 89.8 Å². The summed E-state index contributed by atoms with van der Waals surface area (Å²) >= 11 is 0. The minimum absolute atomic E-state index is 0. The molecule has 0 saturated carbocycles. The van der Waals surface area contributed by atoms with Crippen molar-refractivity contribution in [2.45, 2.75) is 318 Å². The van der Waals surface area contributed by atoms with Crippen LogP contribution < -0.4 is 0 Å². The Morgan fingerprint density at radius 1 is 0.324 bits per heavy atom. The van der Waals surface area contributed by atoms with Gasteiger partial charge in [-0.2, -0.15) is 0 Å². The van der Waals surface area contributed by atoms with Crippen LogP contribution in [0.15, 0.2) is 46.4 Å². The van der Waals surface area contributed by atoms with Crippen molar-refractivity contribution < 1.29 is 16.5 Å². The molecule has 3 heteroatoms. The largest absolute Gasteiger partial charge is 0.250 e. The third-order valence-corrected chi connectivity index (χ3v) is 14.0. The second-order valence-electron chi connectivity index (χ2n) is 20.8. The van der Waals surface area contributed by atoms with Gasteiger partial charge < -0.3 is 0 Å². The predicted octanol–water partition coefficient (Wildman–Crippen LogP) is 22.0. The van der Waals surface area contributed by atoms with Crippen LogP contribution in [-0.4, -0.2) is 11.4 Å². The average molecular weight is 978 g/mol. The van der Waals surface area contributed by atoms with Crippen molar-refractivity contribution in [2.24, 2.45) is 9.98 Å². The van der Waals surface area contributed by atoms with Gasteiger partial charge >= 0.3 is 0 Å². The molecule has 0 radical (unpaired) electrons. The quantitative estimate of drug-likeness (QED) is 0.0273. The Bertz CT molecular complexity index is 1520. The molecule has 0 amide bonds. The van der Waals surface area contributed by atoms with Gasteiger partial charge in [0.2, 0.25) is 0 Å². The van der Waals surface area contributed by atoms with Crippen LogP contribution in [0.5, 0.6) is 0 Å². The maximum atomic E-state index is 5.53. The van der Waals surface area contributed by atoms with Gasteiger partial charge in [-0.25, -0.2) is 4.99 Å².